The lowest BCUT2D eigenvalue weighted by Gasteiger charge is -2.29. The Kier molecular flexibility index (Phi) is 6.31. The molecule has 0 aliphatic heterocycles. The Morgan fingerprint density at radius 2 is 1.81 bits per heavy atom. The van der Waals surface area contributed by atoms with E-state index in [1.165, 1.54) is 0 Å². The first-order valence-corrected chi connectivity index (χ1v) is 10.4. The molecule has 0 aliphatic carbocycles. The van der Waals surface area contributed by atoms with E-state index in [0.29, 0.717) is 17.3 Å². The smallest absolute Gasteiger partial charge is 0.243 e. The average Bonchev–Trinajstić information content (AvgIpc) is 2.56. The van der Waals surface area contributed by atoms with Crippen LogP contribution in [0.3, 0.4) is 0 Å². The van der Waals surface area contributed by atoms with Crippen molar-refractivity contribution in [2.45, 2.75) is 33.4 Å². The number of sulfonamides is 1. The molecule has 1 atom stereocenters. The predicted octanol–water partition coefficient (Wildman–Crippen LogP) is 3.43. The van der Waals surface area contributed by atoms with Crippen LogP contribution in [0.2, 0.25) is 5.02 Å². The normalized spacial score (nSPS) is 12.5. The number of hydrogen-bond donors (Lipinski definition) is 1. The van der Waals surface area contributed by atoms with E-state index in [-0.39, 0.29) is 5.91 Å². The number of amides is 1. The molecule has 1 N–H and O–H groups in total. The Morgan fingerprint density at radius 1 is 1.15 bits per heavy atom. The van der Waals surface area contributed by atoms with E-state index in [9.17, 15) is 13.2 Å². The van der Waals surface area contributed by atoms with Crippen molar-refractivity contribution < 1.29 is 13.2 Å². The molecule has 0 saturated heterocycles. The molecule has 0 aromatic heterocycles. The van der Waals surface area contributed by atoms with Gasteiger partial charge in [0.2, 0.25) is 15.9 Å². The fourth-order valence-electron chi connectivity index (χ4n) is 2.74. The zero-order valence-electron chi connectivity index (χ0n) is 15.3. The van der Waals surface area contributed by atoms with Gasteiger partial charge in [0.1, 0.15) is 6.04 Å². The molecular formula is C19H23ClN2O3S. The first-order valence-electron chi connectivity index (χ1n) is 8.19. The topological polar surface area (TPSA) is 66.5 Å². The van der Waals surface area contributed by atoms with Gasteiger partial charge in [-0.3, -0.25) is 9.10 Å². The van der Waals surface area contributed by atoms with Gasteiger partial charge >= 0.3 is 0 Å². The molecule has 26 heavy (non-hydrogen) atoms. The van der Waals surface area contributed by atoms with E-state index < -0.39 is 16.1 Å². The van der Waals surface area contributed by atoms with Crippen LogP contribution in [0.1, 0.15) is 23.6 Å². The van der Waals surface area contributed by atoms with Gasteiger partial charge in [-0.15, -0.1) is 0 Å². The quantitative estimate of drug-likeness (QED) is 0.816. The van der Waals surface area contributed by atoms with Crippen LogP contribution in [0.4, 0.5) is 5.69 Å². The molecule has 5 nitrogen and oxygen atoms in total. The standard InChI is InChI=1S/C19H23ClN2O3S/c1-13-7-5-6-8-16(13)12-21-19(23)15(3)22(26(4,24)25)18-11-17(20)10-9-14(18)2/h5-11,15H,12H2,1-4H3,(H,21,23)/t15-/m1/s1. The van der Waals surface area contributed by atoms with Gasteiger partial charge in [-0.05, 0) is 49.6 Å². The summed E-state index contributed by atoms with van der Waals surface area (Å²) in [5.74, 6) is -0.377. The van der Waals surface area contributed by atoms with Crippen LogP contribution in [-0.2, 0) is 21.4 Å². The lowest BCUT2D eigenvalue weighted by Crippen LogP contribution is -2.48. The Labute approximate surface area is 160 Å². The van der Waals surface area contributed by atoms with E-state index in [1.54, 1.807) is 32.0 Å². The fraction of sp³-hybridized carbons (Fsp3) is 0.316. The molecule has 0 fully saturated rings. The highest BCUT2D eigenvalue weighted by Crippen LogP contribution is 2.28. The minimum atomic E-state index is -3.68. The molecule has 2 aromatic carbocycles. The van der Waals surface area contributed by atoms with Crippen molar-refractivity contribution in [3.8, 4) is 0 Å². The molecule has 7 heteroatoms. The van der Waals surface area contributed by atoms with Gasteiger partial charge in [-0.1, -0.05) is 41.9 Å². The van der Waals surface area contributed by atoms with Crippen molar-refractivity contribution in [3.63, 3.8) is 0 Å². The summed E-state index contributed by atoms with van der Waals surface area (Å²) < 4.78 is 25.9. The molecular weight excluding hydrogens is 372 g/mol. The third-order valence-corrected chi connectivity index (χ3v) is 5.67. The van der Waals surface area contributed by atoms with Gasteiger partial charge in [-0.25, -0.2) is 8.42 Å². The van der Waals surface area contributed by atoms with Crippen LogP contribution >= 0.6 is 11.6 Å². The second kappa shape index (κ2) is 8.10. The summed E-state index contributed by atoms with van der Waals surface area (Å²) in [6, 6.07) is 11.8. The summed E-state index contributed by atoms with van der Waals surface area (Å²) in [5, 5.41) is 3.23. The maximum atomic E-state index is 12.6. The Morgan fingerprint density at radius 3 is 2.42 bits per heavy atom. The van der Waals surface area contributed by atoms with Crippen LogP contribution < -0.4 is 9.62 Å². The van der Waals surface area contributed by atoms with Crippen molar-refractivity contribution in [2.75, 3.05) is 10.6 Å². The molecule has 1 amide bonds. The number of benzene rings is 2. The molecule has 2 rings (SSSR count). The summed E-state index contributed by atoms with van der Waals surface area (Å²) >= 11 is 6.03. The molecule has 0 spiro atoms. The lowest BCUT2D eigenvalue weighted by atomic mass is 10.1. The van der Waals surface area contributed by atoms with Crippen LogP contribution in [0.25, 0.3) is 0 Å². The maximum Gasteiger partial charge on any atom is 0.243 e. The number of nitrogens with one attached hydrogen (secondary N) is 1. The molecule has 140 valence electrons. The van der Waals surface area contributed by atoms with Crippen LogP contribution in [0.5, 0.6) is 0 Å². The van der Waals surface area contributed by atoms with Gasteiger partial charge in [0.15, 0.2) is 0 Å². The van der Waals surface area contributed by atoms with Crippen molar-refractivity contribution >= 4 is 33.2 Å². The number of aryl methyl sites for hydroxylation is 2. The van der Waals surface area contributed by atoms with Crippen molar-refractivity contribution in [3.05, 3.63) is 64.2 Å². The SMILES string of the molecule is Cc1ccccc1CNC(=O)[C@@H](C)N(c1cc(Cl)ccc1C)S(C)(=O)=O. The summed E-state index contributed by atoms with van der Waals surface area (Å²) in [5.41, 5.74) is 3.17. The first-order chi connectivity index (χ1) is 12.1. The highest BCUT2D eigenvalue weighted by molar-refractivity contribution is 7.92. The van der Waals surface area contributed by atoms with E-state index in [1.807, 2.05) is 31.2 Å². The predicted molar refractivity (Wildman–Crippen MR) is 106 cm³/mol. The van der Waals surface area contributed by atoms with E-state index in [2.05, 4.69) is 5.32 Å². The molecule has 2 aromatic rings. The number of halogens is 1. The third-order valence-electron chi connectivity index (χ3n) is 4.21. The van der Waals surface area contributed by atoms with Crippen molar-refractivity contribution in [1.82, 2.24) is 5.32 Å². The Bertz CT molecular complexity index is 913. The Balaban J connectivity index is 2.27. The fourth-order valence-corrected chi connectivity index (χ4v) is 4.13. The summed E-state index contributed by atoms with van der Waals surface area (Å²) in [6.45, 7) is 5.64. The summed E-state index contributed by atoms with van der Waals surface area (Å²) in [6.07, 6.45) is 1.08. The van der Waals surface area contributed by atoms with Crippen molar-refractivity contribution in [1.29, 1.82) is 0 Å². The Hall–Kier alpha value is -2.05. The molecule has 0 bridgehead atoms. The van der Waals surface area contributed by atoms with E-state index >= 15 is 0 Å². The number of rotatable bonds is 6. The second-order valence-electron chi connectivity index (χ2n) is 6.31. The lowest BCUT2D eigenvalue weighted by molar-refractivity contribution is -0.122. The summed E-state index contributed by atoms with van der Waals surface area (Å²) in [4.78, 5) is 12.6. The van der Waals surface area contributed by atoms with E-state index in [0.717, 1.165) is 27.3 Å². The molecule has 0 unspecified atom stereocenters. The minimum Gasteiger partial charge on any atom is -0.350 e. The van der Waals surface area contributed by atoms with Gasteiger partial charge in [-0.2, -0.15) is 0 Å². The van der Waals surface area contributed by atoms with Crippen LogP contribution in [-0.4, -0.2) is 26.6 Å². The number of hydrogen-bond acceptors (Lipinski definition) is 3. The van der Waals surface area contributed by atoms with Gasteiger partial charge in [0.05, 0.1) is 11.9 Å². The molecule has 0 aliphatic rings. The highest BCUT2D eigenvalue weighted by Gasteiger charge is 2.30. The first kappa shape index (κ1) is 20.3. The number of nitrogens with zero attached hydrogens (tertiary/aromatic N) is 1. The second-order valence-corrected chi connectivity index (χ2v) is 8.61. The summed E-state index contributed by atoms with van der Waals surface area (Å²) in [7, 11) is -3.68. The maximum absolute atomic E-state index is 12.6. The number of anilines is 1. The zero-order valence-corrected chi connectivity index (χ0v) is 16.9. The number of carbonyl (C=O) groups is 1. The minimum absolute atomic E-state index is 0.335. The third kappa shape index (κ3) is 4.77. The monoisotopic (exact) mass is 394 g/mol. The number of carbonyl (C=O) groups excluding carboxylic acids is 1. The molecule has 0 saturated carbocycles. The van der Waals surface area contributed by atoms with Crippen molar-refractivity contribution in [2.24, 2.45) is 0 Å². The van der Waals surface area contributed by atoms with Gasteiger partial charge < -0.3 is 5.32 Å². The molecule has 0 radical (unpaired) electrons. The van der Waals surface area contributed by atoms with Gasteiger partial charge in [0, 0.05) is 11.6 Å². The largest absolute Gasteiger partial charge is 0.350 e. The van der Waals surface area contributed by atoms with Gasteiger partial charge in [0.25, 0.3) is 0 Å². The van der Waals surface area contributed by atoms with Crippen LogP contribution in [0.15, 0.2) is 42.5 Å². The van der Waals surface area contributed by atoms with E-state index in [4.69, 9.17) is 11.6 Å². The average molecular weight is 395 g/mol. The van der Waals surface area contributed by atoms with Crippen LogP contribution in [0, 0.1) is 13.8 Å². The highest BCUT2D eigenvalue weighted by atomic mass is 35.5. The molecule has 0 heterocycles. The zero-order chi connectivity index (χ0) is 19.5.